The Kier molecular flexibility index (Phi) is 6.43. The van der Waals surface area contributed by atoms with Crippen molar-refractivity contribution in [1.82, 2.24) is 0 Å². The summed E-state index contributed by atoms with van der Waals surface area (Å²) in [5.41, 5.74) is 1.06. The van der Waals surface area contributed by atoms with Crippen molar-refractivity contribution in [2.45, 2.75) is 13.3 Å². The average Bonchev–Trinajstić information content (AvgIpc) is 3.10. The molecule has 1 fully saturated rings. The van der Waals surface area contributed by atoms with Crippen LogP contribution >= 0.6 is 0 Å². The van der Waals surface area contributed by atoms with Crippen LogP contribution in [0, 0.1) is 11.7 Å². The van der Waals surface area contributed by atoms with Crippen molar-refractivity contribution in [1.29, 1.82) is 0 Å². The molecule has 0 aromatic heterocycles. The van der Waals surface area contributed by atoms with Crippen molar-refractivity contribution in [3.8, 4) is 5.75 Å². The first-order valence-electron chi connectivity index (χ1n) is 9.21. The molecule has 1 N–H and O–H groups in total. The van der Waals surface area contributed by atoms with Crippen LogP contribution in [0.4, 0.5) is 15.8 Å². The molecule has 152 valence electrons. The predicted octanol–water partition coefficient (Wildman–Crippen LogP) is 2.76. The van der Waals surface area contributed by atoms with Crippen molar-refractivity contribution in [3.05, 3.63) is 54.3 Å². The Hall–Kier alpha value is -3.42. The van der Waals surface area contributed by atoms with Gasteiger partial charge in [0.05, 0.1) is 12.5 Å². The van der Waals surface area contributed by atoms with E-state index < -0.39 is 30.2 Å². The number of benzene rings is 2. The monoisotopic (exact) mass is 400 g/mol. The second-order valence-electron chi connectivity index (χ2n) is 6.50. The van der Waals surface area contributed by atoms with Gasteiger partial charge in [0.15, 0.2) is 6.61 Å². The number of rotatable bonds is 7. The lowest BCUT2D eigenvalue weighted by molar-refractivity contribution is -0.151. The predicted molar refractivity (Wildman–Crippen MR) is 104 cm³/mol. The fourth-order valence-electron chi connectivity index (χ4n) is 2.99. The smallest absolute Gasteiger partial charge is 0.311 e. The molecule has 1 heterocycles. The Balaban J connectivity index is 1.50. The quantitative estimate of drug-likeness (QED) is 0.723. The van der Waals surface area contributed by atoms with Crippen LogP contribution in [0.5, 0.6) is 5.75 Å². The molecule has 0 radical (unpaired) electrons. The molecule has 1 saturated heterocycles. The van der Waals surface area contributed by atoms with E-state index in [0.717, 1.165) is 0 Å². The van der Waals surface area contributed by atoms with E-state index in [9.17, 15) is 18.8 Å². The Morgan fingerprint density at radius 2 is 1.83 bits per heavy atom. The van der Waals surface area contributed by atoms with E-state index in [1.807, 2.05) is 6.92 Å². The van der Waals surface area contributed by atoms with Gasteiger partial charge in [-0.2, -0.15) is 0 Å². The van der Waals surface area contributed by atoms with Gasteiger partial charge in [-0.3, -0.25) is 14.4 Å². The normalized spacial score (nSPS) is 15.9. The molecule has 0 unspecified atom stereocenters. The van der Waals surface area contributed by atoms with Gasteiger partial charge in [0.2, 0.25) is 5.91 Å². The van der Waals surface area contributed by atoms with E-state index in [2.05, 4.69) is 5.32 Å². The van der Waals surface area contributed by atoms with Crippen molar-refractivity contribution in [2.24, 2.45) is 5.92 Å². The summed E-state index contributed by atoms with van der Waals surface area (Å²) in [5.74, 6) is -1.71. The second-order valence-corrected chi connectivity index (χ2v) is 6.50. The Bertz CT molecular complexity index is 883. The minimum Gasteiger partial charge on any atom is -0.494 e. The molecule has 0 saturated carbocycles. The van der Waals surface area contributed by atoms with Gasteiger partial charge in [0, 0.05) is 24.3 Å². The number of nitrogens with one attached hydrogen (secondary N) is 1. The molecule has 8 heteroatoms. The molecule has 0 spiro atoms. The molecular weight excluding hydrogens is 379 g/mol. The molecule has 2 amide bonds. The number of anilines is 2. The summed E-state index contributed by atoms with van der Waals surface area (Å²) in [7, 11) is 0. The fourth-order valence-corrected chi connectivity index (χ4v) is 2.99. The number of nitrogens with zero attached hydrogens (tertiary/aromatic N) is 1. The lowest BCUT2D eigenvalue weighted by atomic mass is 10.1. The number of amides is 2. The third-order valence-corrected chi connectivity index (χ3v) is 4.39. The number of esters is 1. The molecule has 2 aromatic carbocycles. The second kappa shape index (κ2) is 9.18. The first-order valence-corrected chi connectivity index (χ1v) is 9.21. The summed E-state index contributed by atoms with van der Waals surface area (Å²) in [6.45, 7) is 2.13. The Morgan fingerprint density at radius 3 is 2.48 bits per heavy atom. The highest BCUT2D eigenvalue weighted by atomic mass is 19.1. The molecule has 0 bridgehead atoms. The molecule has 0 aliphatic carbocycles. The van der Waals surface area contributed by atoms with E-state index >= 15 is 0 Å². The summed E-state index contributed by atoms with van der Waals surface area (Å²) >= 11 is 0. The van der Waals surface area contributed by atoms with Gasteiger partial charge in [-0.05, 0) is 55.5 Å². The van der Waals surface area contributed by atoms with Crippen LogP contribution in [0.3, 0.4) is 0 Å². The summed E-state index contributed by atoms with van der Waals surface area (Å²) < 4.78 is 23.3. The molecule has 7 nitrogen and oxygen atoms in total. The van der Waals surface area contributed by atoms with Crippen LogP contribution in [0.15, 0.2) is 48.5 Å². The highest BCUT2D eigenvalue weighted by Gasteiger charge is 2.36. The summed E-state index contributed by atoms with van der Waals surface area (Å²) in [5, 5.41) is 2.50. The minimum atomic E-state index is -0.646. The van der Waals surface area contributed by atoms with Gasteiger partial charge in [-0.15, -0.1) is 0 Å². The number of carbonyl (C=O) groups is 3. The van der Waals surface area contributed by atoms with Crippen molar-refractivity contribution in [2.75, 3.05) is 30.0 Å². The maximum absolute atomic E-state index is 12.9. The molecule has 29 heavy (non-hydrogen) atoms. The lowest BCUT2D eigenvalue weighted by Gasteiger charge is -2.17. The van der Waals surface area contributed by atoms with Gasteiger partial charge in [0.25, 0.3) is 5.91 Å². The molecule has 1 aliphatic heterocycles. The largest absolute Gasteiger partial charge is 0.494 e. The number of halogens is 1. The van der Waals surface area contributed by atoms with E-state index in [1.54, 1.807) is 24.3 Å². The van der Waals surface area contributed by atoms with Crippen LogP contribution in [-0.2, 0) is 19.1 Å². The van der Waals surface area contributed by atoms with Gasteiger partial charge in [0.1, 0.15) is 11.6 Å². The van der Waals surface area contributed by atoms with Gasteiger partial charge in [-0.25, -0.2) is 4.39 Å². The molecule has 1 atom stereocenters. The van der Waals surface area contributed by atoms with E-state index in [0.29, 0.717) is 23.7 Å². The van der Waals surface area contributed by atoms with Gasteiger partial charge < -0.3 is 19.7 Å². The van der Waals surface area contributed by atoms with Crippen molar-refractivity contribution in [3.63, 3.8) is 0 Å². The summed E-state index contributed by atoms with van der Waals surface area (Å²) in [6.07, 6.45) is 0.0195. The number of hydrogen-bond acceptors (Lipinski definition) is 5. The number of carbonyl (C=O) groups excluding carboxylic acids is 3. The fraction of sp³-hybridized carbons (Fsp3) is 0.286. The van der Waals surface area contributed by atoms with Crippen LogP contribution in [0.2, 0.25) is 0 Å². The zero-order valence-corrected chi connectivity index (χ0v) is 15.9. The highest BCUT2D eigenvalue weighted by Crippen LogP contribution is 2.27. The maximum Gasteiger partial charge on any atom is 0.311 e. The topological polar surface area (TPSA) is 84.9 Å². The van der Waals surface area contributed by atoms with Crippen LogP contribution in [-0.4, -0.2) is 37.5 Å². The van der Waals surface area contributed by atoms with Crippen molar-refractivity contribution >= 4 is 29.2 Å². The Morgan fingerprint density at radius 1 is 1.14 bits per heavy atom. The first-order chi connectivity index (χ1) is 14.0. The van der Waals surface area contributed by atoms with E-state index in [-0.39, 0.29) is 18.9 Å². The average molecular weight is 400 g/mol. The van der Waals surface area contributed by atoms with Gasteiger partial charge in [-0.1, -0.05) is 0 Å². The summed E-state index contributed by atoms with van der Waals surface area (Å²) in [4.78, 5) is 37.9. The zero-order valence-electron chi connectivity index (χ0n) is 15.9. The lowest BCUT2D eigenvalue weighted by Crippen LogP contribution is -2.28. The van der Waals surface area contributed by atoms with Gasteiger partial charge >= 0.3 is 5.97 Å². The Labute approximate surface area is 167 Å². The zero-order chi connectivity index (χ0) is 20.8. The summed E-state index contributed by atoms with van der Waals surface area (Å²) in [6, 6.07) is 12.3. The van der Waals surface area contributed by atoms with Crippen LogP contribution in [0.25, 0.3) is 0 Å². The minimum absolute atomic E-state index is 0.0195. The first kappa shape index (κ1) is 20.3. The molecule has 1 aliphatic rings. The highest BCUT2D eigenvalue weighted by molar-refractivity contribution is 6.00. The molecular formula is C21H21FN2O5. The van der Waals surface area contributed by atoms with Crippen LogP contribution in [0.1, 0.15) is 13.3 Å². The molecule has 3 rings (SSSR count). The van der Waals surface area contributed by atoms with Crippen molar-refractivity contribution < 1.29 is 28.2 Å². The standard InChI is InChI=1S/C21H21FN2O5/c1-2-28-18-9-7-17(8-10-18)24-12-14(11-20(24)26)21(27)29-13-19(25)23-16-5-3-15(22)4-6-16/h3-10,14H,2,11-13H2,1H3,(H,23,25)/t14-/m1/s1. The number of ether oxygens (including phenoxy) is 2. The van der Waals surface area contributed by atoms with Crippen LogP contribution < -0.4 is 15.0 Å². The number of hydrogen-bond donors (Lipinski definition) is 1. The van der Waals surface area contributed by atoms with E-state index in [4.69, 9.17) is 9.47 Å². The SMILES string of the molecule is CCOc1ccc(N2C[C@H](C(=O)OCC(=O)Nc3ccc(F)cc3)CC2=O)cc1. The third-order valence-electron chi connectivity index (χ3n) is 4.39. The third kappa shape index (κ3) is 5.31. The van der Waals surface area contributed by atoms with E-state index in [1.165, 1.54) is 29.2 Å². The molecule has 2 aromatic rings. The maximum atomic E-state index is 12.9.